The predicted octanol–water partition coefficient (Wildman–Crippen LogP) is 6.02. The largest absolute Gasteiger partial charge is 0.507 e. The van der Waals surface area contributed by atoms with Crippen molar-refractivity contribution in [1.29, 1.82) is 0 Å². The van der Waals surface area contributed by atoms with Crippen molar-refractivity contribution in [3.63, 3.8) is 0 Å². The van der Waals surface area contributed by atoms with E-state index in [-0.39, 0.29) is 54.3 Å². The van der Waals surface area contributed by atoms with Crippen LogP contribution in [-0.2, 0) is 33.6 Å². The number of carbonyl (C=O) groups excluding carboxylic acids is 3. The van der Waals surface area contributed by atoms with Gasteiger partial charge in [0.25, 0.3) is 11.7 Å². The summed E-state index contributed by atoms with van der Waals surface area (Å²) in [6.07, 6.45) is 4.86. The van der Waals surface area contributed by atoms with Gasteiger partial charge in [0, 0.05) is 98.7 Å². The van der Waals surface area contributed by atoms with Gasteiger partial charge in [-0.05, 0) is 75.5 Å². The van der Waals surface area contributed by atoms with Crippen molar-refractivity contribution in [2.75, 3.05) is 57.1 Å². The second-order valence-electron chi connectivity index (χ2n) is 19.8. The fourth-order valence-corrected chi connectivity index (χ4v) is 10.6. The summed E-state index contributed by atoms with van der Waals surface area (Å²) < 4.78 is 47.9. The number of hydrazone groups is 1. The van der Waals surface area contributed by atoms with Crippen LogP contribution >= 0.6 is 0 Å². The SMILES string of the molecule is CO[C@H]1/C=C/O[C@@]2(C)Oc3c(C)c(O)c4c(O)c(c(/C=N\N5CCN(C)CC5)c(O)c4c3C2=O)NC(=O)/C(C)=C\C=C\[C@H](C)[C@H](O)[C@@H](C)[C@@H](O)[C@@H](C)[C@H](OC(C)=O)[C@@H]1C.Nc1ccc(S(=O)(=O)c2ccc(N)cc2)cc1. The third kappa shape index (κ3) is 12.2. The van der Waals surface area contributed by atoms with E-state index in [1.807, 2.05) is 7.05 Å². The Morgan fingerprint density at radius 2 is 1.42 bits per heavy atom. The van der Waals surface area contributed by atoms with E-state index in [4.69, 9.17) is 30.4 Å². The molecule has 410 valence electrons. The molecule has 4 heterocycles. The van der Waals surface area contributed by atoms with Gasteiger partial charge >= 0.3 is 11.8 Å². The number of methoxy groups -OCH3 is 1. The number of benzene rings is 4. The molecule has 0 saturated carbocycles. The van der Waals surface area contributed by atoms with Crippen molar-refractivity contribution in [1.82, 2.24) is 9.91 Å². The first-order valence-corrected chi connectivity index (χ1v) is 26.2. The van der Waals surface area contributed by atoms with Gasteiger partial charge in [-0.3, -0.25) is 19.4 Å². The summed E-state index contributed by atoms with van der Waals surface area (Å²) >= 11 is 0. The number of amides is 1. The number of fused-ring (bicyclic) bond motifs is 14. The quantitative estimate of drug-likeness (QED) is 0.0360. The van der Waals surface area contributed by atoms with Crippen LogP contribution in [0.5, 0.6) is 23.0 Å². The third-order valence-corrected chi connectivity index (χ3v) is 16.0. The minimum Gasteiger partial charge on any atom is -0.507 e. The predicted molar refractivity (Wildman–Crippen MR) is 288 cm³/mol. The van der Waals surface area contributed by atoms with Gasteiger partial charge in [0.15, 0.2) is 5.75 Å². The molecule has 20 nitrogen and oxygen atoms in total. The molecular formula is C55H70N6O14S. The minimum absolute atomic E-state index is 0.0559. The summed E-state index contributed by atoms with van der Waals surface area (Å²) in [5, 5.41) is 66.8. The molecule has 8 rings (SSSR count). The van der Waals surface area contributed by atoms with E-state index in [2.05, 4.69) is 15.3 Å². The number of aliphatic hydroxyl groups is 2. The van der Waals surface area contributed by atoms with Gasteiger partial charge in [-0.25, -0.2) is 8.42 Å². The first-order valence-electron chi connectivity index (χ1n) is 24.8. The summed E-state index contributed by atoms with van der Waals surface area (Å²) in [5.41, 5.74) is 11.7. The Labute approximate surface area is 442 Å². The van der Waals surface area contributed by atoms with Crippen LogP contribution in [0, 0.1) is 30.6 Å². The van der Waals surface area contributed by atoms with Crippen LogP contribution in [0.2, 0.25) is 0 Å². The van der Waals surface area contributed by atoms with Gasteiger partial charge in [0.1, 0.15) is 23.4 Å². The number of phenolic OH excluding ortho intramolecular Hbond substituents is 3. The first kappa shape index (κ1) is 58.1. The van der Waals surface area contributed by atoms with E-state index < -0.39 is 98.6 Å². The van der Waals surface area contributed by atoms with Gasteiger partial charge in [-0.15, -0.1) is 0 Å². The number of anilines is 3. The van der Waals surface area contributed by atoms with Crippen molar-refractivity contribution in [2.45, 2.75) is 95.4 Å². The Morgan fingerprint density at radius 3 is 1.97 bits per heavy atom. The van der Waals surface area contributed by atoms with Crippen LogP contribution in [-0.4, -0.2) is 138 Å². The molecule has 0 unspecified atom stereocenters. The highest BCUT2D eigenvalue weighted by Crippen LogP contribution is 2.55. The van der Waals surface area contributed by atoms with E-state index in [1.165, 1.54) is 83.7 Å². The number of carbonyl (C=O) groups is 3. The lowest BCUT2D eigenvalue weighted by Gasteiger charge is -2.38. The molecule has 76 heavy (non-hydrogen) atoms. The molecule has 5 bridgehead atoms. The Balaban J connectivity index is 0.000000464. The van der Waals surface area contributed by atoms with E-state index in [9.17, 15) is 48.3 Å². The smallest absolute Gasteiger partial charge is 0.312 e. The van der Waals surface area contributed by atoms with Crippen LogP contribution in [0.4, 0.5) is 17.1 Å². The number of allylic oxidation sites excluding steroid dienone is 2. The van der Waals surface area contributed by atoms with Crippen molar-refractivity contribution >= 4 is 61.5 Å². The Hall–Kier alpha value is -7.17. The lowest BCUT2D eigenvalue weighted by molar-refractivity contribution is -0.160. The molecule has 1 amide bonds. The fraction of sp³-hybridized carbons (Fsp3) is 0.418. The van der Waals surface area contributed by atoms with Gasteiger partial charge in [0.2, 0.25) is 9.84 Å². The average Bonchev–Trinajstić information content (AvgIpc) is 3.70. The summed E-state index contributed by atoms with van der Waals surface area (Å²) in [6, 6.07) is 12.2. The van der Waals surface area contributed by atoms with Gasteiger partial charge in [-0.1, -0.05) is 45.9 Å². The molecule has 0 radical (unpaired) electrons. The molecule has 10 N–H and O–H groups in total. The molecule has 1 fully saturated rings. The highest BCUT2D eigenvalue weighted by molar-refractivity contribution is 7.91. The number of sulfone groups is 1. The van der Waals surface area contributed by atoms with Crippen molar-refractivity contribution < 1.29 is 67.3 Å². The normalized spacial score (nSPS) is 27.4. The second kappa shape index (κ2) is 23.8. The number of aromatic hydroxyl groups is 3. The fourth-order valence-electron chi connectivity index (χ4n) is 9.35. The molecule has 4 aliphatic heterocycles. The summed E-state index contributed by atoms with van der Waals surface area (Å²) in [5.74, 6) is -8.34. The molecule has 1 saturated heterocycles. The Bertz CT molecular complexity index is 2990. The molecule has 0 spiro atoms. The number of hydrogen-bond acceptors (Lipinski definition) is 19. The zero-order valence-corrected chi connectivity index (χ0v) is 45.2. The van der Waals surface area contributed by atoms with Gasteiger partial charge in [-0.2, -0.15) is 5.10 Å². The number of rotatable bonds is 6. The molecule has 21 heteroatoms. The van der Waals surface area contributed by atoms with E-state index in [0.29, 0.717) is 24.5 Å². The van der Waals surface area contributed by atoms with Crippen LogP contribution in [0.3, 0.4) is 0 Å². The van der Waals surface area contributed by atoms with E-state index >= 15 is 0 Å². The maximum Gasteiger partial charge on any atom is 0.312 e. The van der Waals surface area contributed by atoms with Crippen LogP contribution in [0.25, 0.3) is 10.8 Å². The number of likely N-dealkylation sites (N-methyl/N-ethyl adjacent to an activating group) is 1. The minimum atomic E-state index is -3.48. The number of phenols is 3. The summed E-state index contributed by atoms with van der Waals surface area (Å²) in [6.45, 7) is 15.1. The molecule has 0 aliphatic carbocycles. The molecule has 9 atom stereocenters. The summed E-state index contributed by atoms with van der Waals surface area (Å²) in [7, 11) is -0.0630. The van der Waals surface area contributed by atoms with Crippen molar-refractivity contribution in [3.8, 4) is 23.0 Å². The number of nitrogens with one attached hydrogen (secondary N) is 1. The van der Waals surface area contributed by atoms with Gasteiger partial charge < -0.3 is 66.2 Å². The Morgan fingerprint density at radius 1 is 0.842 bits per heavy atom. The number of Topliss-reactive ketones (excluding diaryl/α,β-unsaturated/α-hetero) is 1. The topological polar surface area (TPSA) is 306 Å². The van der Waals surface area contributed by atoms with Crippen molar-refractivity contribution in [2.24, 2.45) is 28.8 Å². The van der Waals surface area contributed by atoms with Crippen LogP contribution in [0.1, 0.15) is 70.0 Å². The van der Waals surface area contributed by atoms with Crippen LogP contribution < -0.4 is 21.5 Å². The average molecular weight is 1070 g/mol. The lowest BCUT2D eigenvalue weighted by atomic mass is 9.78. The number of hydrogen-bond donors (Lipinski definition) is 8. The maximum absolute atomic E-state index is 14.4. The number of ether oxygens (including phenoxy) is 4. The number of nitrogen functional groups attached to an aromatic ring is 2. The number of esters is 1. The van der Waals surface area contributed by atoms with E-state index in [0.717, 1.165) is 13.1 Å². The molecular weight excluding hydrogens is 1000 g/mol. The third-order valence-electron chi connectivity index (χ3n) is 14.2. The number of piperazine rings is 1. The lowest BCUT2D eigenvalue weighted by Crippen LogP contribution is -2.46. The Kier molecular flexibility index (Phi) is 18.2. The van der Waals surface area contributed by atoms with E-state index in [1.54, 1.807) is 69.1 Å². The molecule has 4 aromatic carbocycles. The van der Waals surface area contributed by atoms with Crippen LogP contribution in [0.15, 0.2) is 99.6 Å². The molecule has 4 aliphatic rings. The number of aliphatic hydroxyl groups excluding tert-OH is 2. The zero-order valence-electron chi connectivity index (χ0n) is 44.3. The highest BCUT2D eigenvalue weighted by atomic mass is 32.2. The first-order chi connectivity index (χ1) is 35.7. The molecule has 4 aromatic rings. The standard InChI is InChI=1S/C43H58N4O12.C12H12N2O2S/c1-21-12-11-13-22(2)42(55)45-33-28(20-44-47-17-15-46(9)16-18-47)37(52)30-31(38(33)53)36(51)26(6)40-32(30)41(54)43(8,59-40)57-19-14-29(56-10)23(3)39(58-27(7)48)25(5)35(50)24(4)34(21)49;13-9-1-5-11(6-2-9)17(15,16)12-7-3-10(14)4-8-12/h11-14,19-21,23-25,29,34-35,39,49-53H,15-18H2,1-10H3,(H,45,55);1-8H,13-14H2/b12-11+,19-14+,22-13-,44-20-;/t21-,23+,24+,25+,29-,34-,35+,39+,43-;/m0./s1. The maximum atomic E-state index is 14.4. The molecule has 0 aromatic heterocycles. The monoisotopic (exact) mass is 1070 g/mol. The number of ketones is 1. The van der Waals surface area contributed by atoms with Gasteiger partial charge in [0.05, 0.1) is 62.8 Å². The second-order valence-corrected chi connectivity index (χ2v) is 21.7. The summed E-state index contributed by atoms with van der Waals surface area (Å²) in [4.78, 5) is 43.1. The number of nitrogens with zero attached hydrogens (tertiary/aromatic N) is 3. The van der Waals surface area contributed by atoms with Crippen molar-refractivity contribution in [3.05, 3.63) is 101 Å². The number of nitrogens with two attached hydrogens (primary N) is 2. The zero-order chi connectivity index (χ0) is 56.1. The highest BCUT2D eigenvalue weighted by Gasteiger charge is 2.50.